The molecule has 5 nitrogen and oxygen atoms in total. The Morgan fingerprint density at radius 2 is 1.51 bits per heavy atom. The van der Waals surface area contributed by atoms with E-state index in [1.165, 1.54) is 0 Å². The quantitative estimate of drug-likeness (QED) is 0.243. The largest absolute Gasteiger partial charge is 0.507 e. The Morgan fingerprint density at radius 1 is 0.902 bits per heavy atom. The van der Waals surface area contributed by atoms with E-state index in [2.05, 4.69) is 110 Å². The third-order valence-corrected chi connectivity index (χ3v) is 7.88. The van der Waals surface area contributed by atoms with Crippen molar-refractivity contribution in [3.05, 3.63) is 76.6 Å². The molecule has 0 bridgehead atoms. The molecule has 3 rings (SSSR count). The average molecular weight is 560 g/mol. The summed E-state index contributed by atoms with van der Waals surface area (Å²) in [5.41, 5.74) is 5.58. The summed E-state index contributed by atoms with van der Waals surface area (Å²) in [4.78, 5) is 13.8. The maximum Gasteiger partial charge on any atom is 0.224 e. The van der Waals surface area contributed by atoms with Gasteiger partial charge < -0.3 is 10.4 Å². The molecule has 3 aromatic rings. The molecule has 0 fully saturated rings. The SMILES string of the molecule is CCCCCC(CC(=O)Nc1cc(Cn2cccn2)ccc1C(C)(C)C)c1cc(C(C)(C)C)c(O)c(C(C)(C)C)c1. The van der Waals surface area contributed by atoms with Crippen LogP contribution in [0.2, 0.25) is 0 Å². The molecule has 41 heavy (non-hydrogen) atoms. The van der Waals surface area contributed by atoms with Gasteiger partial charge in [0.2, 0.25) is 5.91 Å². The predicted octanol–water partition coefficient (Wildman–Crippen LogP) is 9.22. The fourth-order valence-electron chi connectivity index (χ4n) is 5.52. The van der Waals surface area contributed by atoms with Crippen LogP contribution in [0.5, 0.6) is 5.75 Å². The number of unbranched alkanes of at least 4 members (excludes halogenated alkanes) is 2. The molecule has 1 amide bonds. The molecule has 224 valence electrons. The van der Waals surface area contributed by atoms with Gasteiger partial charge in [-0.3, -0.25) is 9.48 Å². The van der Waals surface area contributed by atoms with E-state index in [1.54, 1.807) is 6.20 Å². The van der Waals surface area contributed by atoms with E-state index in [0.717, 1.165) is 59.2 Å². The molecule has 0 aliphatic carbocycles. The molecule has 0 saturated carbocycles. The van der Waals surface area contributed by atoms with Crippen LogP contribution in [0.1, 0.15) is 135 Å². The van der Waals surface area contributed by atoms with Gasteiger partial charge in [0.1, 0.15) is 5.75 Å². The summed E-state index contributed by atoms with van der Waals surface area (Å²) in [5, 5.41) is 19.0. The Hall–Kier alpha value is -3.08. The number of phenolic OH excluding ortho intramolecular Hbond substituents is 1. The van der Waals surface area contributed by atoms with Crippen LogP contribution in [-0.2, 0) is 27.6 Å². The first-order chi connectivity index (χ1) is 19.0. The molecule has 2 aromatic carbocycles. The van der Waals surface area contributed by atoms with Gasteiger partial charge in [-0.1, -0.05) is 113 Å². The second-order valence-electron chi connectivity index (χ2n) is 14.7. The van der Waals surface area contributed by atoms with Gasteiger partial charge in [-0.05, 0) is 68.5 Å². The normalized spacial score (nSPS) is 13.3. The van der Waals surface area contributed by atoms with Crippen molar-refractivity contribution in [2.24, 2.45) is 0 Å². The lowest BCUT2D eigenvalue weighted by atomic mass is 9.76. The Bertz CT molecular complexity index is 1270. The smallest absolute Gasteiger partial charge is 0.224 e. The Kier molecular flexibility index (Phi) is 10.2. The first kappa shape index (κ1) is 32.4. The summed E-state index contributed by atoms with van der Waals surface area (Å²) < 4.78 is 1.89. The van der Waals surface area contributed by atoms with Gasteiger partial charge in [-0.2, -0.15) is 5.10 Å². The molecule has 1 aromatic heterocycles. The number of aromatic hydroxyl groups is 1. The number of hydrogen-bond acceptors (Lipinski definition) is 3. The van der Waals surface area contributed by atoms with Crippen LogP contribution < -0.4 is 5.32 Å². The van der Waals surface area contributed by atoms with Crippen molar-refractivity contribution in [1.82, 2.24) is 9.78 Å². The Balaban J connectivity index is 1.98. The molecule has 0 radical (unpaired) electrons. The first-order valence-corrected chi connectivity index (χ1v) is 15.3. The zero-order valence-electron chi connectivity index (χ0n) is 27.2. The number of hydrogen-bond donors (Lipinski definition) is 2. The standard InChI is InChI=1S/C36H53N3O2/c1-11-12-13-15-26(27-21-29(35(5,6)7)33(41)30(22-27)36(8,9)10)23-32(40)38-31-20-25(24-39-19-14-18-37-39)16-17-28(31)34(2,3)4/h14,16-22,26,41H,11-13,15,23-24H2,1-10H3,(H,38,40). The number of nitrogens with zero attached hydrogens (tertiary/aromatic N) is 2. The van der Waals surface area contributed by atoms with E-state index in [4.69, 9.17) is 0 Å². The second-order valence-corrected chi connectivity index (χ2v) is 14.7. The first-order valence-electron chi connectivity index (χ1n) is 15.3. The minimum atomic E-state index is -0.215. The van der Waals surface area contributed by atoms with E-state index >= 15 is 0 Å². The van der Waals surface area contributed by atoms with E-state index in [9.17, 15) is 9.90 Å². The van der Waals surface area contributed by atoms with Crippen LogP contribution >= 0.6 is 0 Å². The number of amides is 1. The topological polar surface area (TPSA) is 67.2 Å². The summed E-state index contributed by atoms with van der Waals surface area (Å²) in [6, 6.07) is 12.6. The molecular formula is C36H53N3O2. The van der Waals surface area contributed by atoms with Crippen molar-refractivity contribution >= 4 is 11.6 Å². The molecular weight excluding hydrogens is 506 g/mol. The van der Waals surface area contributed by atoms with Crippen LogP contribution in [0.3, 0.4) is 0 Å². The summed E-state index contributed by atoms with van der Waals surface area (Å²) >= 11 is 0. The van der Waals surface area contributed by atoms with Gasteiger partial charge in [-0.25, -0.2) is 0 Å². The van der Waals surface area contributed by atoms with Crippen LogP contribution in [0.25, 0.3) is 0 Å². The number of nitrogens with one attached hydrogen (secondary N) is 1. The molecule has 0 aliphatic heterocycles. The maximum atomic E-state index is 13.8. The van der Waals surface area contributed by atoms with Crippen LogP contribution in [0.15, 0.2) is 48.8 Å². The number of benzene rings is 2. The minimum absolute atomic E-state index is 0.0240. The molecule has 1 unspecified atom stereocenters. The number of carbonyl (C=O) groups is 1. The zero-order valence-corrected chi connectivity index (χ0v) is 27.2. The molecule has 0 aliphatic rings. The number of phenols is 1. The lowest BCUT2D eigenvalue weighted by Crippen LogP contribution is -2.22. The lowest BCUT2D eigenvalue weighted by Gasteiger charge is -2.30. The highest BCUT2D eigenvalue weighted by molar-refractivity contribution is 5.92. The number of rotatable bonds is 10. The Labute approximate surface area is 248 Å². The Morgan fingerprint density at radius 3 is 2.02 bits per heavy atom. The van der Waals surface area contributed by atoms with Crippen molar-refractivity contribution in [1.29, 1.82) is 0 Å². The fourth-order valence-corrected chi connectivity index (χ4v) is 5.52. The van der Waals surface area contributed by atoms with Crippen molar-refractivity contribution in [2.45, 2.75) is 130 Å². The van der Waals surface area contributed by atoms with Crippen molar-refractivity contribution in [3.63, 3.8) is 0 Å². The van der Waals surface area contributed by atoms with Gasteiger partial charge in [0.25, 0.3) is 0 Å². The van der Waals surface area contributed by atoms with Gasteiger partial charge in [0.15, 0.2) is 0 Å². The fraction of sp³-hybridized carbons (Fsp3) is 0.556. The van der Waals surface area contributed by atoms with Crippen molar-refractivity contribution in [3.8, 4) is 5.75 Å². The molecule has 5 heteroatoms. The summed E-state index contributed by atoms with van der Waals surface area (Å²) in [7, 11) is 0. The predicted molar refractivity (Wildman–Crippen MR) is 172 cm³/mol. The van der Waals surface area contributed by atoms with E-state index in [1.807, 2.05) is 16.9 Å². The molecule has 2 N–H and O–H groups in total. The highest BCUT2D eigenvalue weighted by Crippen LogP contribution is 2.42. The summed E-state index contributed by atoms with van der Waals surface area (Å²) in [6.07, 6.45) is 8.40. The summed E-state index contributed by atoms with van der Waals surface area (Å²) in [6.45, 7) is 22.2. The lowest BCUT2D eigenvalue weighted by molar-refractivity contribution is -0.116. The second kappa shape index (κ2) is 12.8. The minimum Gasteiger partial charge on any atom is -0.507 e. The van der Waals surface area contributed by atoms with Crippen LogP contribution in [0.4, 0.5) is 5.69 Å². The van der Waals surface area contributed by atoms with E-state index in [0.29, 0.717) is 18.7 Å². The van der Waals surface area contributed by atoms with Gasteiger partial charge in [-0.15, -0.1) is 0 Å². The molecule has 0 spiro atoms. The molecule has 1 atom stereocenters. The highest BCUT2D eigenvalue weighted by atomic mass is 16.3. The maximum absolute atomic E-state index is 13.8. The summed E-state index contributed by atoms with van der Waals surface area (Å²) in [5.74, 6) is 0.472. The van der Waals surface area contributed by atoms with E-state index in [-0.39, 0.29) is 28.1 Å². The number of carbonyl (C=O) groups excluding carboxylic acids is 1. The van der Waals surface area contributed by atoms with Crippen molar-refractivity contribution in [2.75, 3.05) is 5.32 Å². The highest BCUT2D eigenvalue weighted by Gasteiger charge is 2.29. The number of anilines is 1. The van der Waals surface area contributed by atoms with Gasteiger partial charge in [0.05, 0.1) is 6.54 Å². The third kappa shape index (κ3) is 8.70. The zero-order chi connectivity index (χ0) is 30.6. The third-order valence-electron chi connectivity index (χ3n) is 7.88. The van der Waals surface area contributed by atoms with Gasteiger partial charge in [0, 0.05) is 24.5 Å². The van der Waals surface area contributed by atoms with Gasteiger partial charge >= 0.3 is 0 Å². The number of aromatic nitrogens is 2. The monoisotopic (exact) mass is 559 g/mol. The average Bonchev–Trinajstić information content (AvgIpc) is 3.34. The molecule has 1 heterocycles. The molecule has 0 saturated heterocycles. The van der Waals surface area contributed by atoms with Crippen LogP contribution in [0, 0.1) is 0 Å². The van der Waals surface area contributed by atoms with E-state index < -0.39 is 0 Å². The van der Waals surface area contributed by atoms with Crippen LogP contribution in [-0.4, -0.2) is 20.8 Å². The van der Waals surface area contributed by atoms with Crippen molar-refractivity contribution < 1.29 is 9.90 Å².